The Morgan fingerprint density at radius 1 is 1.50 bits per heavy atom. The van der Waals surface area contributed by atoms with E-state index in [4.69, 9.17) is 22.1 Å². The van der Waals surface area contributed by atoms with Crippen molar-refractivity contribution in [3.05, 3.63) is 28.8 Å². The van der Waals surface area contributed by atoms with Gasteiger partial charge >= 0.3 is 0 Å². The second kappa shape index (κ2) is 6.64. The van der Waals surface area contributed by atoms with Crippen LogP contribution in [0.5, 0.6) is 0 Å². The van der Waals surface area contributed by atoms with Crippen LogP contribution in [0.4, 0.5) is 5.69 Å². The van der Waals surface area contributed by atoms with E-state index in [1.165, 1.54) is 6.07 Å². The Balaban J connectivity index is 2.83. The van der Waals surface area contributed by atoms with Crippen molar-refractivity contribution in [3.8, 4) is 12.1 Å². The third-order valence-corrected chi connectivity index (χ3v) is 2.72. The molecule has 0 radical (unpaired) electrons. The van der Waals surface area contributed by atoms with E-state index in [-0.39, 0.29) is 10.9 Å². The minimum absolute atomic E-state index is 0.288. The van der Waals surface area contributed by atoms with Gasteiger partial charge in [-0.05, 0) is 24.6 Å². The van der Waals surface area contributed by atoms with Crippen LogP contribution in [0.3, 0.4) is 0 Å². The predicted octanol–water partition coefficient (Wildman–Crippen LogP) is 3.09. The lowest BCUT2D eigenvalue weighted by Gasteiger charge is -2.10. The first-order valence-corrected chi connectivity index (χ1v) is 5.90. The summed E-state index contributed by atoms with van der Waals surface area (Å²) in [7, 11) is 0. The maximum absolute atomic E-state index is 11.8. The van der Waals surface area contributed by atoms with Crippen molar-refractivity contribution in [2.24, 2.45) is 5.92 Å². The first-order chi connectivity index (χ1) is 8.62. The Hall–Kier alpha value is -2.04. The number of benzene rings is 1. The molecular formula is C13H12ClN3O. The van der Waals surface area contributed by atoms with Gasteiger partial charge in [-0.15, -0.1) is 0 Å². The van der Waals surface area contributed by atoms with E-state index in [1.54, 1.807) is 12.1 Å². The summed E-state index contributed by atoms with van der Waals surface area (Å²) in [5, 5.41) is 20.4. The second-order valence-corrected chi connectivity index (χ2v) is 4.17. The van der Waals surface area contributed by atoms with Crippen LogP contribution in [0.15, 0.2) is 18.2 Å². The lowest BCUT2D eigenvalue weighted by atomic mass is 10.0. The molecule has 0 saturated heterocycles. The average Bonchev–Trinajstić information content (AvgIpc) is 2.38. The monoisotopic (exact) mass is 261 g/mol. The van der Waals surface area contributed by atoms with Gasteiger partial charge in [0.1, 0.15) is 5.92 Å². The standard InChI is InChI=1S/C13H12ClN3O/c1-2-3-10(8-16)13(18)17-12-5-4-9(7-15)6-11(12)14/h4-6,10H,2-3H2,1H3,(H,17,18). The fraction of sp³-hybridized carbons (Fsp3) is 0.308. The molecule has 1 unspecified atom stereocenters. The summed E-state index contributed by atoms with van der Waals surface area (Å²) < 4.78 is 0. The van der Waals surface area contributed by atoms with Gasteiger partial charge in [-0.2, -0.15) is 10.5 Å². The van der Waals surface area contributed by atoms with Gasteiger partial charge in [0.15, 0.2) is 0 Å². The van der Waals surface area contributed by atoms with Gasteiger partial charge in [-0.25, -0.2) is 0 Å². The van der Waals surface area contributed by atoms with Crippen molar-refractivity contribution in [3.63, 3.8) is 0 Å². The van der Waals surface area contributed by atoms with Gasteiger partial charge in [-0.3, -0.25) is 4.79 Å². The molecular weight excluding hydrogens is 250 g/mol. The van der Waals surface area contributed by atoms with Crippen LogP contribution >= 0.6 is 11.6 Å². The van der Waals surface area contributed by atoms with Crippen LogP contribution in [0.1, 0.15) is 25.3 Å². The number of hydrogen-bond donors (Lipinski definition) is 1. The van der Waals surface area contributed by atoms with E-state index < -0.39 is 5.92 Å². The molecule has 0 heterocycles. The zero-order valence-corrected chi connectivity index (χ0v) is 10.7. The molecule has 0 aromatic heterocycles. The Kier molecular flexibility index (Phi) is 5.17. The molecule has 4 nitrogen and oxygen atoms in total. The van der Waals surface area contributed by atoms with Crippen LogP contribution in [0.25, 0.3) is 0 Å². The van der Waals surface area contributed by atoms with E-state index in [0.29, 0.717) is 17.7 Å². The van der Waals surface area contributed by atoms with Gasteiger partial charge in [0.25, 0.3) is 0 Å². The Morgan fingerprint density at radius 2 is 2.22 bits per heavy atom. The minimum Gasteiger partial charge on any atom is -0.324 e. The molecule has 18 heavy (non-hydrogen) atoms. The molecule has 0 fully saturated rings. The van der Waals surface area contributed by atoms with Gasteiger partial charge in [0, 0.05) is 0 Å². The van der Waals surface area contributed by atoms with Crippen molar-refractivity contribution >= 4 is 23.2 Å². The van der Waals surface area contributed by atoms with Gasteiger partial charge in [0.05, 0.1) is 28.4 Å². The molecule has 0 aliphatic rings. The maximum Gasteiger partial charge on any atom is 0.241 e. The first-order valence-electron chi connectivity index (χ1n) is 5.52. The van der Waals surface area contributed by atoms with Crippen molar-refractivity contribution in [1.82, 2.24) is 0 Å². The second-order valence-electron chi connectivity index (χ2n) is 3.77. The highest BCUT2D eigenvalue weighted by Crippen LogP contribution is 2.23. The summed E-state index contributed by atoms with van der Waals surface area (Å²) in [6.07, 6.45) is 1.27. The van der Waals surface area contributed by atoms with Crippen LogP contribution in [-0.2, 0) is 4.79 Å². The molecule has 0 spiro atoms. The molecule has 1 atom stereocenters. The lowest BCUT2D eigenvalue weighted by Crippen LogP contribution is -2.21. The Bertz CT molecular complexity index is 528. The van der Waals surface area contributed by atoms with E-state index in [9.17, 15) is 4.79 Å². The zero-order valence-electron chi connectivity index (χ0n) is 9.90. The summed E-state index contributed by atoms with van der Waals surface area (Å²) in [6, 6.07) is 8.49. The first kappa shape index (κ1) is 14.0. The Morgan fingerprint density at radius 3 is 2.72 bits per heavy atom. The molecule has 1 aromatic carbocycles. The molecule has 1 amide bonds. The molecule has 1 aromatic rings. The zero-order chi connectivity index (χ0) is 13.5. The van der Waals surface area contributed by atoms with Gasteiger partial charge < -0.3 is 5.32 Å². The van der Waals surface area contributed by atoms with Crippen LogP contribution in [0, 0.1) is 28.6 Å². The predicted molar refractivity (Wildman–Crippen MR) is 68.8 cm³/mol. The maximum atomic E-state index is 11.8. The van der Waals surface area contributed by atoms with Gasteiger partial charge in [0.2, 0.25) is 5.91 Å². The Labute approximate surface area is 111 Å². The topological polar surface area (TPSA) is 76.7 Å². The number of nitrogens with zero attached hydrogens (tertiary/aromatic N) is 2. The molecule has 0 aliphatic heterocycles. The fourth-order valence-corrected chi connectivity index (χ4v) is 1.68. The number of carbonyl (C=O) groups excluding carboxylic acids is 1. The summed E-state index contributed by atoms with van der Waals surface area (Å²) in [4.78, 5) is 11.8. The van der Waals surface area contributed by atoms with E-state index in [0.717, 1.165) is 6.42 Å². The smallest absolute Gasteiger partial charge is 0.241 e. The third-order valence-electron chi connectivity index (χ3n) is 2.41. The van der Waals surface area contributed by atoms with Crippen molar-refractivity contribution in [2.75, 3.05) is 5.32 Å². The number of hydrogen-bond acceptors (Lipinski definition) is 3. The molecule has 5 heteroatoms. The molecule has 1 N–H and O–H groups in total. The number of nitrogens with one attached hydrogen (secondary N) is 1. The third kappa shape index (κ3) is 3.48. The van der Waals surface area contributed by atoms with Crippen LogP contribution in [0.2, 0.25) is 5.02 Å². The highest BCUT2D eigenvalue weighted by Gasteiger charge is 2.17. The quantitative estimate of drug-likeness (QED) is 0.905. The molecule has 0 bridgehead atoms. The lowest BCUT2D eigenvalue weighted by molar-refractivity contribution is -0.118. The fourth-order valence-electron chi connectivity index (χ4n) is 1.45. The molecule has 0 saturated carbocycles. The van der Waals surface area contributed by atoms with E-state index in [1.807, 2.05) is 19.1 Å². The van der Waals surface area contributed by atoms with Crippen molar-refractivity contribution in [2.45, 2.75) is 19.8 Å². The highest BCUT2D eigenvalue weighted by molar-refractivity contribution is 6.33. The number of anilines is 1. The number of carbonyl (C=O) groups is 1. The SMILES string of the molecule is CCCC(C#N)C(=O)Nc1ccc(C#N)cc1Cl. The summed E-state index contributed by atoms with van der Waals surface area (Å²) in [5.41, 5.74) is 0.834. The molecule has 1 rings (SSSR count). The largest absolute Gasteiger partial charge is 0.324 e. The van der Waals surface area contributed by atoms with E-state index in [2.05, 4.69) is 5.32 Å². The highest BCUT2D eigenvalue weighted by atomic mass is 35.5. The van der Waals surface area contributed by atoms with E-state index >= 15 is 0 Å². The average molecular weight is 262 g/mol. The van der Waals surface area contributed by atoms with Crippen LogP contribution in [-0.4, -0.2) is 5.91 Å². The number of halogens is 1. The number of rotatable bonds is 4. The van der Waals surface area contributed by atoms with Crippen LogP contribution < -0.4 is 5.32 Å². The number of nitriles is 2. The number of amides is 1. The summed E-state index contributed by atoms with van der Waals surface area (Å²) >= 11 is 5.93. The minimum atomic E-state index is -0.679. The normalized spacial score (nSPS) is 11.1. The van der Waals surface area contributed by atoms with Crippen molar-refractivity contribution in [1.29, 1.82) is 10.5 Å². The van der Waals surface area contributed by atoms with Gasteiger partial charge in [-0.1, -0.05) is 24.9 Å². The molecule has 0 aliphatic carbocycles. The summed E-state index contributed by atoms with van der Waals surface area (Å²) in [6.45, 7) is 1.91. The molecule has 92 valence electrons. The summed E-state index contributed by atoms with van der Waals surface area (Å²) in [5.74, 6) is -1.05. The van der Waals surface area contributed by atoms with Crippen molar-refractivity contribution < 1.29 is 4.79 Å².